The maximum absolute atomic E-state index is 12.0. The zero-order chi connectivity index (χ0) is 19.1. The second-order valence-corrected chi connectivity index (χ2v) is 8.37. The Balaban J connectivity index is 1.46. The largest absolute Gasteiger partial charge is 0.383 e. The van der Waals surface area contributed by atoms with Gasteiger partial charge < -0.3 is 11.5 Å². The number of fused-ring (bicyclic) bond motifs is 1. The van der Waals surface area contributed by atoms with Gasteiger partial charge in [0, 0.05) is 25.3 Å². The van der Waals surface area contributed by atoms with Gasteiger partial charge in [-0.3, -0.25) is 9.47 Å². The van der Waals surface area contributed by atoms with E-state index in [4.69, 9.17) is 11.5 Å². The molecule has 144 valence electrons. The highest BCUT2D eigenvalue weighted by atomic mass is 16.1. The minimum atomic E-state index is -0.353. The van der Waals surface area contributed by atoms with Gasteiger partial charge in [-0.2, -0.15) is 4.98 Å². The van der Waals surface area contributed by atoms with E-state index in [1.54, 1.807) is 12.3 Å². The molecule has 1 aliphatic heterocycles. The Bertz CT molecular complexity index is 848. The summed E-state index contributed by atoms with van der Waals surface area (Å²) in [6.07, 6.45) is 2.69. The molecule has 1 aliphatic carbocycles. The van der Waals surface area contributed by atoms with Crippen molar-refractivity contribution in [2.24, 2.45) is 29.4 Å². The number of hydrogen-bond donors (Lipinski definition) is 2. The zero-order valence-corrected chi connectivity index (χ0v) is 16.1. The van der Waals surface area contributed by atoms with Gasteiger partial charge in [0.25, 0.3) is 0 Å². The van der Waals surface area contributed by atoms with Crippen molar-refractivity contribution >= 4 is 5.82 Å². The molecule has 2 heterocycles. The highest BCUT2D eigenvalue weighted by molar-refractivity contribution is 5.36. The van der Waals surface area contributed by atoms with Gasteiger partial charge in [-0.05, 0) is 60.4 Å². The molecule has 1 unspecified atom stereocenters. The predicted molar refractivity (Wildman–Crippen MR) is 108 cm³/mol. The summed E-state index contributed by atoms with van der Waals surface area (Å²) < 4.78 is 1.51. The first kappa shape index (κ1) is 18.2. The summed E-state index contributed by atoms with van der Waals surface area (Å²) >= 11 is 0. The van der Waals surface area contributed by atoms with Crippen LogP contribution in [0, 0.1) is 23.7 Å². The molecule has 0 radical (unpaired) electrons. The van der Waals surface area contributed by atoms with Gasteiger partial charge >= 0.3 is 5.69 Å². The molecule has 4 N–H and O–H groups in total. The van der Waals surface area contributed by atoms with Crippen LogP contribution in [0.25, 0.3) is 5.69 Å². The van der Waals surface area contributed by atoms with Crippen molar-refractivity contribution in [2.75, 3.05) is 25.4 Å². The lowest BCUT2D eigenvalue weighted by Crippen LogP contribution is -2.41. The highest BCUT2D eigenvalue weighted by Gasteiger charge is 2.55. The molecule has 1 saturated carbocycles. The van der Waals surface area contributed by atoms with Crippen LogP contribution in [-0.2, 0) is 6.42 Å². The van der Waals surface area contributed by atoms with Crippen LogP contribution in [-0.4, -0.2) is 40.1 Å². The molecule has 2 fully saturated rings. The van der Waals surface area contributed by atoms with Gasteiger partial charge in [0.05, 0.1) is 5.69 Å². The number of likely N-dealkylation sites (tertiary alicyclic amines) is 1. The monoisotopic (exact) mass is 367 g/mol. The molecule has 0 amide bonds. The summed E-state index contributed by atoms with van der Waals surface area (Å²) in [4.78, 5) is 18.5. The first-order valence-corrected chi connectivity index (χ1v) is 9.86. The van der Waals surface area contributed by atoms with Crippen molar-refractivity contribution in [1.29, 1.82) is 0 Å². The average Bonchev–Trinajstić information content (AvgIpc) is 3.11. The van der Waals surface area contributed by atoms with Crippen LogP contribution in [0.3, 0.4) is 0 Å². The van der Waals surface area contributed by atoms with Crippen LogP contribution in [0.15, 0.2) is 41.3 Å². The molecule has 4 atom stereocenters. The van der Waals surface area contributed by atoms with Gasteiger partial charge in [0.15, 0.2) is 0 Å². The van der Waals surface area contributed by atoms with Crippen LogP contribution in [0.5, 0.6) is 0 Å². The molecule has 6 heteroatoms. The second kappa shape index (κ2) is 7.09. The molecule has 1 aromatic heterocycles. The lowest BCUT2D eigenvalue weighted by atomic mass is 9.94. The Morgan fingerprint density at radius 1 is 1.15 bits per heavy atom. The van der Waals surface area contributed by atoms with E-state index in [0.717, 1.165) is 36.4 Å². The molecular formula is C21H29N5O. The number of anilines is 1. The number of nitrogen functional groups attached to an aromatic ring is 1. The maximum atomic E-state index is 12.0. The first-order chi connectivity index (χ1) is 13.0. The smallest absolute Gasteiger partial charge is 0.354 e. The van der Waals surface area contributed by atoms with Crippen molar-refractivity contribution in [3.8, 4) is 5.69 Å². The fourth-order valence-electron chi connectivity index (χ4n) is 4.74. The van der Waals surface area contributed by atoms with Crippen molar-refractivity contribution in [2.45, 2.75) is 26.3 Å². The predicted octanol–water partition coefficient (Wildman–Crippen LogP) is 1.52. The van der Waals surface area contributed by atoms with Crippen molar-refractivity contribution < 1.29 is 0 Å². The summed E-state index contributed by atoms with van der Waals surface area (Å²) in [5.74, 6) is 3.25. The van der Waals surface area contributed by atoms with Gasteiger partial charge in [-0.1, -0.05) is 26.0 Å². The molecule has 0 bridgehead atoms. The van der Waals surface area contributed by atoms with E-state index in [9.17, 15) is 4.79 Å². The molecule has 2 aromatic rings. The lowest BCUT2D eigenvalue weighted by molar-refractivity contribution is 0.163. The molecule has 27 heavy (non-hydrogen) atoms. The quantitative estimate of drug-likeness (QED) is 0.808. The van der Waals surface area contributed by atoms with E-state index in [-0.39, 0.29) is 11.5 Å². The Morgan fingerprint density at radius 3 is 2.37 bits per heavy atom. The van der Waals surface area contributed by atoms with E-state index in [1.165, 1.54) is 23.2 Å². The fraction of sp³-hybridized carbons (Fsp3) is 0.524. The van der Waals surface area contributed by atoms with Crippen LogP contribution < -0.4 is 17.2 Å². The number of hydrogen-bond acceptors (Lipinski definition) is 5. The molecule has 1 saturated heterocycles. The van der Waals surface area contributed by atoms with Crippen LogP contribution >= 0.6 is 0 Å². The van der Waals surface area contributed by atoms with Crippen molar-refractivity contribution in [3.63, 3.8) is 0 Å². The van der Waals surface area contributed by atoms with E-state index >= 15 is 0 Å². The van der Waals surface area contributed by atoms with Gasteiger partial charge in [-0.15, -0.1) is 0 Å². The molecule has 0 spiro atoms. The number of nitrogens with two attached hydrogens (primary N) is 2. The highest BCUT2D eigenvalue weighted by Crippen LogP contribution is 2.51. The van der Waals surface area contributed by atoms with Crippen LogP contribution in [0.2, 0.25) is 0 Å². The summed E-state index contributed by atoms with van der Waals surface area (Å²) in [5, 5.41) is 0. The number of piperidine rings is 1. The molecule has 1 aromatic carbocycles. The Morgan fingerprint density at radius 2 is 1.81 bits per heavy atom. The van der Waals surface area contributed by atoms with Crippen LogP contribution in [0.4, 0.5) is 5.82 Å². The summed E-state index contributed by atoms with van der Waals surface area (Å²) in [7, 11) is 0. The first-order valence-electron chi connectivity index (χ1n) is 9.86. The second-order valence-electron chi connectivity index (χ2n) is 8.37. The van der Waals surface area contributed by atoms with E-state index in [0.29, 0.717) is 12.0 Å². The normalized spacial score (nSPS) is 25.6. The SMILES string of the molecule is CC(C)C(Cc1ccc(-n2ccc(N)nc2=O)cc1)N1C[C@@H]2[C@@H](CN)[C@@H]2C1. The Hall–Kier alpha value is -2.18. The number of rotatable bonds is 6. The fourth-order valence-corrected chi connectivity index (χ4v) is 4.74. The lowest BCUT2D eigenvalue weighted by Gasteiger charge is -2.33. The van der Waals surface area contributed by atoms with E-state index in [1.807, 2.05) is 12.1 Å². The maximum Gasteiger partial charge on any atom is 0.354 e. The number of nitrogens with zero attached hydrogens (tertiary/aromatic N) is 3. The molecule has 4 rings (SSSR count). The summed E-state index contributed by atoms with van der Waals surface area (Å²) in [5.41, 5.74) is 13.2. The van der Waals surface area contributed by atoms with Crippen molar-refractivity contribution in [3.05, 3.63) is 52.6 Å². The van der Waals surface area contributed by atoms with Gasteiger partial charge in [-0.25, -0.2) is 4.79 Å². The molecule has 2 aliphatic rings. The average molecular weight is 367 g/mol. The van der Waals surface area contributed by atoms with Gasteiger partial charge in [0.2, 0.25) is 0 Å². The Kier molecular flexibility index (Phi) is 4.78. The minimum Gasteiger partial charge on any atom is -0.383 e. The van der Waals surface area contributed by atoms with Crippen LogP contribution in [0.1, 0.15) is 19.4 Å². The third-order valence-electron chi connectivity index (χ3n) is 6.39. The van der Waals surface area contributed by atoms with Crippen molar-refractivity contribution in [1.82, 2.24) is 14.5 Å². The van der Waals surface area contributed by atoms with Gasteiger partial charge in [0.1, 0.15) is 5.82 Å². The molecular weight excluding hydrogens is 338 g/mol. The zero-order valence-electron chi connectivity index (χ0n) is 16.1. The third kappa shape index (κ3) is 3.51. The minimum absolute atomic E-state index is 0.244. The van der Waals surface area contributed by atoms with E-state index in [2.05, 4.69) is 35.9 Å². The standard InChI is InChI=1S/C21H29N5O/c1-13(2)19(25-11-17-16(10-22)18(17)12-25)9-14-3-5-15(6-4-14)26-8-7-20(23)24-21(26)27/h3-8,13,16-19H,9-12,22H2,1-2H3,(H2,23,24,27)/t16-,17-,18+,19?. The Labute approximate surface area is 160 Å². The summed E-state index contributed by atoms with van der Waals surface area (Å²) in [6.45, 7) is 7.85. The third-order valence-corrected chi connectivity index (χ3v) is 6.39. The number of aromatic nitrogens is 2. The summed E-state index contributed by atoms with van der Waals surface area (Å²) in [6, 6.07) is 10.4. The van der Waals surface area contributed by atoms with E-state index < -0.39 is 0 Å². The topological polar surface area (TPSA) is 90.2 Å². The number of benzene rings is 1. The molecule has 6 nitrogen and oxygen atoms in total.